The van der Waals surface area contributed by atoms with Gasteiger partial charge >= 0.3 is 5.97 Å². The quantitative estimate of drug-likeness (QED) is 0.332. The van der Waals surface area contributed by atoms with Crippen LogP contribution < -0.4 is 15.3 Å². The number of carbonyl (C=O) groups excluding carboxylic acids is 2. The molecule has 0 bridgehead atoms. The monoisotopic (exact) mass is 457 g/mol. The van der Waals surface area contributed by atoms with Crippen molar-refractivity contribution < 1.29 is 33.2 Å². The number of halogens is 1. The van der Waals surface area contributed by atoms with E-state index in [4.69, 9.17) is 16.3 Å². The zero-order chi connectivity index (χ0) is 22.5. The number of amides is 1. The molecular weight excluding hydrogens is 438 g/mol. The van der Waals surface area contributed by atoms with E-state index < -0.39 is 49.8 Å². The summed E-state index contributed by atoms with van der Waals surface area (Å²) in [6.07, 6.45) is 0. The first-order chi connectivity index (χ1) is 14.1. The van der Waals surface area contributed by atoms with Crippen molar-refractivity contribution in [1.82, 2.24) is 10.0 Å². The third kappa shape index (κ3) is 5.75. The molecule has 162 valence electrons. The van der Waals surface area contributed by atoms with Crippen LogP contribution in [0.15, 0.2) is 53.4 Å². The van der Waals surface area contributed by atoms with Crippen molar-refractivity contribution in [2.45, 2.75) is 23.9 Å². The number of carbonyl (C=O) groups is 2. The summed E-state index contributed by atoms with van der Waals surface area (Å²) in [5, 5.41) is 22.2. The lowest BCUT2D eigenvalue weighted by atomic mass is 10.00. The molecule has 3 atom stereocenters. The first kappa shape index (κ1) is 23.7. The van der Waals surface area contributed by atoms with Crippen LogP contribution in [0.2, 0.25) is 5.02 Å². The molecule has 0 spiro atoms. The molecule has 1 amide bonds. The maximum absolute atomic E-state index is 12.9. The molecule has 12 heteroatoms. The average Bonchev–Trinajstić information content (AvgIpc) is 2.70. The molecule has 2 rings (SSSR count). The summed E-state index contributed by atoms with van der Waals surface area (Å²) >= 11 is 5.88. The first-order valence-corrected chi connectivity index (χ1v) is 10.4. The van der Waals surface area contributed by atoms with Crippen molar-refractivity contribution in [3.63, 3.8) is 0 Å². The maximum atomic E-state index is 12.9. The van der Waals surface area contributed by atoms with Crippen molar-refractivity contribution in [2.24, 2.45) is 0 Å². The van der Waals surface area contributed by atoms with Gasteiger partial charge in [-0.25, -0.2) is 13.6 Å². The number of ether oxygens (including phenoxy) is 1. The van der Waals surface area contributed by atoms with E-state index in [0.717, 1.165) is 19.2 Å². The average molecular weight is 458 g/mol. The van der Waals surface area contributed by atoms with E-state index in [2.05, 4.69) is 10.0 Å². The summed E-state index contributed by atoms with van der Waals surface area (Å²) in [5.74, 6) is -1.52. The molecule has 4 N–H and O–H groups in total. The number of hydrogen-bond acceptors (Lipinski definition) is 7. The van der Waals surface area contributed by atoms with Crippen LogP contribution in [-0.4, -0.2) is 38.7 Å². The van der Waals surface area contributed by atoms with Gasteiger partial charge in [-0.05, 0) is 23.8 Å². The molecule has 0 aliphatic rings. The molecule has 0 radical (unpaired) electrons. The van der Waals surface area contributed by atoms with Gasteiger partial charge in [-0.3, -0.25) is 9.59 Å². The number of sulfonamides is 1. The highest BCUT2D eigenvalue weighted by Crippen LogP contribution is 2.24. The Balaban J connectivity index is 2.53. The first-order valence-electron chi connectivity index (χ1n) is 8.52. The summed E-state index contributed by atoms with van der Waals surface area (Å²) in [6, 6.07) is 8.22. The molecule has 0 aliphatic heterocycles. The Labute approximate surface area is 178 Å². The highest BCUT2D eigenvalue weighted by atomic mass is 35.5. The minimum Gasteiger partial charge on any atom is -0.595 e. The van der Waals surface area contributed by atoms with Crippen LogP contribution in [0.5, 0.6) is 0 Å². The predicted molar refractivity (Wildman–Crippen MR) is 106 cm³/mol. The van der Waals surface area contributed by atoms with Gasteiger partial charge in [-0.15, -0.1) is 0 Å². The minimum atomic E-state index is -4.50. The summed E-state index contributed by atoms with van der Waals surface area (Å²) in [6.45, 7) is 1.20. The van der Waals surface area contributed by atoms with Gasteiger partial charge < -0.3 is 15.3 Å². The fourth-order valence-electron chi connectivity index (χ4n) is 2.74. The molecule has 1 unspecified atom stereocenters. The second kappa shape index (κ2) is 9.98. The molecule has 0 saturated heterocycles. The number of quaternary nitrogens is 1. The van der Waals surface area contributed by atoms with Crippen LogP contribution in [-0.2, 0) is 24.3 Å². The number of nitrogens with one attached hydrogen (secondary N) is 3. The lowest BCUT2D eigenvalue weighted by Gasteiger charge is -2.27. The Bertz CT molecular complexity index is 1010. The molecule has 30 heavy (non-hydrogen) atoms. The van der Waals surface area contributed by atoms with E-state index in [9.17, 15) is 28.4 Å². The van der Waals surface area contributed by atoms with Gasteiger partial charge in [0.05, 0.1) is 13.2 Å². The van der Waals surface area contributed by atoms with E-state index in [1.807, 2.05) is 0 Å². The topological polar surface area (TPSA) is 149 Å². The molecule has 0 heterocycles. The Morgan fingerprint density at radius 3 is 2.30 bits per heavy atom. The summed E-state index contributed by atoms with van der Waals surface area (Å²) in [5.41, 5.74) is -0.101. The molecule has 2 aromatic carbocycles. The van der Waals surface area contributed by atoms with E-state index in [1.165, 1.54) is 43.3 Å². The van der Waals surface area contributed by atoms with Crippen molar-refractivity contribution >= 4 is 39.2 Å². The Hall–Kier alpha value is -2.54. The Kier molecular flexibility index (Phi) is 7.89. The lowest BCUT2D eigenvalue weighted by Crippen LogP contribution is -2.99. The van der Waals surface area contributed by atoms with Crippen molar-refractivity contribution in [3.8, 4) is 0 Å². The molecule has 0 fully saturated rings. The van der Waals surface area contributed by atoms with Crippen LogP contribution in [0.3, 0.4) is 0 Å². The van der Waals surface area contributed by atoms with Crippen molar-refractivity contribution in [2.75, 3.05) is 7.11 Å². The van der Waals surface area contributed by atoms with Crippen LogP contribution in [0.25, 0.3) is 0 Å². The summed E-state index contributed by atoms with van der Waals surface area (Å²) < 4.78 is 32.8. The third-order valence-corrected chi connectivity index (χ3v) is 5.82. The van der Waals surface area contributed by atoms with Gasteiger partial charge in [-0.1, -0.05) is 35.9 Å². The third-order valence-electron chi connectivity index (χ3n) is 4.07. The predicted octanol–water partition coefficient (Wildman–Crippen LogP) is 0.441. The second-order valence-corrected chi connectivity index (χ2v) is 8.27. The number of methoxy groups -OCH3 is 1. The number of para-hydroxylation sites is 1. The minimum absolute atomic E-state index is 0.374. The maximum Gasteiger partial charge on any atom is 0.326 e. The van der Waals surface area contributed by atoms with Crippen molar-refractivity contribution in [3.05, 3.63) is 64.3 Å². The highest BCUT2D eigenvalue weighted by molar-refractivity contribution is 7.89. The number of esters is 1. The van der Waals surface area contributed by atoms with E-state index in [1.54, 1.807) is 0 Å². The Morgan fingerprint density at radius 2 is 1.77 bits per heavy atom. The fourth-order valence-corrected chi connectivity index (χ4v) is 4.26. The molecule has 0 aliphatic carbocycles. The SMILES string of the molecule is COC(=O)[C@H](NS(=O)(=O)c1ccccc1[NH+]([O-])O)[C@@H](NC(C)=O)c1ccc(Cl)cc1. The normalized spacial score (nSPS) is 14.4. The summed E-state index contributed by atoms with van der Waals surface area (Å²) in [7, 11) is -3.44. The second-order valence-electron chi connectivity index (χ2n) is 6.15. The van der Waals surface area contributed by atoms with Crippen LogP contribution >= 0.6 is 11.6 Å². The molecule has 0 saturated carbocycles. The van der Waals surface area contributed by atoms with Gasteiger partial charge in [0, 0.05) is 18.0 Å². The summed E-state index contributed by atoms with van der Waals surface area (Å²) in [4.78, 5) is 23.7. The molecular formula is C18H20ClN3O7S. The van der Waals surface area contributed by atoms with Gasteiger partial charge in [0.15, 0.2) is 5.69 Å². The zero-order valence-electron chi connectivity index (χ0n) is 16.0. The Morgan fingerprint density at radius 1 is 1.17 bits per heavy atom. The number of rotatable bonds is 8. The smallest absolute Gasteiger partial charge is 0.326 e. The molecule has 0 aromatic heterocycles. The standard InChI is InChI=1S/C18H20ClN3O7S/c1-11(23)20-16(12-7-9-13(19)10-8-12)17(18(24)29-2)21-30(27,28)15-6-4-3-5-14(15)22(25)26/h3-10,16-17,21-22,25H,1-2H3,(H,20,23)/t16-,17+/m0/s1. The molecule has 10 nitrogen and oxygen atoms in total. The largest absolute Gasteiger partial charge is 0.595 e. The van der Waals surface area contributed by atoms with E-state index >= 15 is 0 Å². The number of benzene rings is 2. The highest BCUT2D eigenvalue weighted by Gasteiger charge is 2.36. The van der Waals surface area contributed by atoms with Crippen molar-refractivity contribution in [1.29, 1.82) is 0 Å². The van der Waals surface area contributed by atoms with Gasteiger partial charge in [0.2, 0.25) is 15.9 Å². The zero-order valence-corrected chi connectivity index (χ0v) is 17.5. The van der Waals surface area contributed by atoms with E-state index in [-0.39, 0.29) is 0 Å². The van der Waals surface area contributed by atoms with Crippen LogP contribution in [0.4, 0.5) is 5.69 Å². The van der Waals surface area contributed by atoms with Gasteiger partial charge in [0.1, 0.15) is 10.9 Å². The van der Waals surface area contributed by atoms with Gasteiger partial charge in [-0.2, -0.15) is 9.95 Å². The van der Waals surface area contributed by atoms with Crippen LogP contribution in [0.1, 0.15) is 18.5 Å². The number of hydrogen-bond donors (Lipinski definition) is 4. The van der Waals surface area contributed by atoms with Crippen LogP contribution in [0, 0.1) is 5.21 Å². The van der Waals surface area contributed by atoms with Gasteiger partial charge in [0.25, 0.3) is 0 Å². The van der Waals surface area contributed by atoms with E-state index in [0.29, 0.717) is 10.6 Å². The lowest BCUT2D eigenvalue weighted by molar-refractivity contribution is -0.992. The molecule has 2 aromatic rings. The fraction of sp³-hybridized carbons (Fsp3) is 0.222.